The number of amides is 2. The second-order valence-corrected chi connectivity index (χ2v) is 5.90. The minimum absolute atomic E-state index is 0.314. The number of rotatable bonds is 4. The molecule has 0 spiro atoms. The molecule has 2 aromatic carbocycles. The van der Waals surface area contributed by atoms with Gasteiger partial charge in [0.25, 0.3) is 11.8 Å². The Balaban J connectivity index is 2.03. The summed E-state index contributed by atoms with van der Waals surface area (Å²) in [6.45, 7) is 1.38. The van der Waals surface area contributed by atoms with E-state index in [9.17, 15) is 14.7 Å². The van der Waals surface area contributed by atoms with Gasteiger partial charge in [0.2, 0.25) is 0 Å². The minimum Gasteiger partial charge on any atom is -0.399 e. The Morgan fingerprint density at radius 2 is 1.46 bits per heavy atom. The zero-order valence-corrected chi connectivity index (χ0v) is 15.2. The van der Waals surface area contributed by atoms with E-state index in [-0.39, 0.29) is 0 Å². The van der Waals surface area contributed by atoms with Crippen molar-refractivity contribution in [3.8, 4) is 23.7 Å². The van der Waals surface area contributed by atoms with Crippen molar-refractivity contribution in [1.29, 1.82) is 0 Å². The molecule has 0 saturated carbocycles. The van der Waals surface area contributed by atoms with Gasteiger partial charge < -0.3 is 16.2 Å². The van der Waals surface area contributed by atoms with Crippen molar-refractivity contribution in [3.05, 3.63) is 65.2 Å². The lowest BCUT2D eigenvalue weighted by atomic mass is 10.1. The standard InChI is InChI=1S/C21H20N4O3/c1-14(26)19(21(28)25-23)24-20(27)17-10-6-15(7-11-17)4-2-3-5-16-8-12-18(22)13-9-16/h6-14,19,26H,22-23H2,1H3,(H,24,27)(H,25,28)/t14-,19+/m1/s1. The van der Waals surface area contributed by atoms with Crippen LogP contribution in [0.4, 0.5) is 5.69 Å². The van der Waals surface area contributed by atoms with Gasteiger partial charge in [0.1, 0.15) is 6.04 Å². The number of nitrogens with two attached hydrogens (primary N) is 2. The third-order valence-electron chi connectivity index (χ3n) is 3.73. The van der Waals surface area contributed by atoms with Crippen LogP contribution in [0.2, 0.25) is 0 Å². The molecule has 142 valence electrons. The van der Waals surface area contributed by atoms with Gasteiger partial charge in [-0.05, 0) is 67.3 Å². The molecule has 0 saturated heterocycles. The number of hydrazine groups is 1. The van der Waals surface area contributed by atoms with Crippen molar-refractivity contribution in [2.75, 3.05) is 5.73 Å². The average molecular weight is 376 g/mol. The molecule has 7 nitrogen and oxygen atoms in total. The maximum absolute atomic E-state index is 12.2. The molecule has 0 aliphatic rings. The Bertz CT molecular complexity index is 959. The highest BCUT2D eigenvalue weighted by molar-refractivity contribution is 5.97. The highest BCUT2D eigenvalue weighted by Crippen LogP contribution is 2.05. The minimum atomic E-state index is -1.15. The molecular formula is C21H20N4O3. The molecule has 0 fully saturated rings. The molecule has 2 rings (SSSR count). The van der Waals surface area contributed by atoms with Gasteiger partial charge in [0.05, 0.1) is 6.10 Å². The molecule has 28 heavy (non-hydrogen) atoms. The monoisotopic (exact) mass is 376 g/mol. The maximum Gasteiger partial charge on any atom is 0.259 e. The molecule has 0 unspecified atom stereocenters. The number of hydrogen-bond donors (Lipinski definition) is 5. The average Bonchev–Trinajstić information content (AvgIpc) is 2.70. The predicted molar refractivity (Wildman–Crippen MR) is 106 cm³/mol. The second-order valence-electron chi connectivity index (χ2n) is 5.90. The number of aliphatic hydroxyl groups excluding tert-OH is 1. The first-order valence-electron chi connectivity index (χ1n) is 8.37. The van der Waals surface area contributed by atoms with Gasteiger partial charge in [-0.3, -0.25) is 15.0 Å². The molecule has 7 N–H and O–H groups in total. The van der Waals surface area contributed by atoms with Crippen LogP contribution < -0.4 is 22.3 Å². The molecule has 2 atom stereocenters. The lowest BCUT2D eigenvalue weighted by molar-refractivity contribution is -0.125. The summed E-state index contributed by atoms with van der Waals surface area (Å²) in [5.74, 6) is 15.1. The Kier molecular flexibility index (Phi) is 7.18. The van der Waals surface area contributed by atoms with E-state index in [4.69, 9.17) is 11.6 Å². The van der Waals surface area contributed by atoms with Gasteiger partial charge in [-0.2, -0.15) is 0 Å². The summed E-state index contributed by atoms with van der Waals surface area (Å²) in [5.41, 5.74) is 9.99. The Morgan fingerprint density at radius 3 is 1.93 bits per heavy atom. The molecule has 2 aromatic rings. The zero-order chi connectivity index (χ0) is 20.5. The van der Waals surface area contributed by atoms with E-state index >= 15 is 0 Å². The summed E-state index contributed by atoms with van der Waals surface area (Å²) >= 11 is 0. The van der Waals surface area contributed by atoms with Gasteiger partial charge in [0.15, 0.2) is 0 Å². The smallest absolute Gasteiger partial charge is 0.259 e. The number of hydrogen-bond acceptors (Lipinski definition) is 5. The first-order valence-corrected chi connectivity index (χ1v) is 8.37. The van der Waals surface area contributed by atoms with E-state index in [2.05, 4.69) is 29.0 Å². The van der Waals surface area contributed by atoms with Gasteiger partial charge in [-0.15, -0.1) is 0 Å². The van der Waals surface area contributed by atoms with E-state index in [1.807, 2.05) is 17.6 Å². The van der Waals surface area contributed by atoms with Gasteiger partial charge in [-0.25, -0.2) is 5.84 Å². The van der Waals surface area contributed by atoms with Crippen molar-refractivity contribution in [3.63, 3.8) is 0 Å². The van der Waals surface area contributed by atoms with Crippen molar-refractivity contribution in [2.24, 2.45) is 5.84 Å². The Hall–Kier alpha value is -3.78. The fourth-order valence-corrected chi connectivity index (χ4v) is 2.20. The van der Waals surface area contributed by atoms with Crippen LogP contribution >= 0.6 is 0 Å². The number of aliphatic hydroxyl groups is 1. The summed E-state index contributed by atoms with van der Waals surface area (Å²) in [5, 5.41) is 12.0. The van der Waals surface area contributed by atoms with Crippen LogP contribution in [-0.2, 0) is 4.79 Å². The zero-order valence-electron chi connectivity index (χ0n) is 15.2. The van der Waals surface area contributed by atoms with Crippen LogP contribution in [-0.4, -0.2) is 29.1 Å². The van der Waals surface area contributed by atoms with E-state index in [0.29, 0.717) is 16.8 Å². The summed E-state index contributed by atoms with van der Waals surface area (Å²) in [6.07, 6.45) is -1.10. The lowest BCUT2D eigenvalue weighted by Gasteiger charge is -2.19. The Morgan fingerprint density at radius 1 is 0.964 bits per heavy atom. The van der Waals surface area contributed by atoms with Gasteiger partial charge in [0, 0.05) is 22.4 Å². The molecule has 2 amide bonds. The van der Waals surface area contributed by atoms with Crippen LogP contribution in [0.5, 0.6) is 0 Å². The topological polar surface area (TPSA) is 130 Å². The first kappa shape index (κ1) is 20.5. The largest absolute Gasteiger partial charge is 0.399 e. The highest BCUT2D eigenvalue weighted by Gasteiger charge is 2.25. The van der Waals surface area contributed by atoms with Crippen molar-refractivity contribution >= 4 is 17.5 Å². The third kappa shape index (κ3) is 5.89. The fourth-order valence-electron chi connectivity index (χ4n) is 2.20. The molecule has 7 heteroatoms. The summed E-state index contributed by atoms with van der Waals surface area (Å²) in [6, 6.07) is 12.4. The Labute approximate surface area is 163 Å². The van der Waals surface area contributed by atoms with E-state index < -0.39 is 24.0 Å². The first-order chi connectivity index (χ1) is 13.4. The van der Waals surface area contributed by atoms with Crippen molar-refractivity contribution in [2.45, 2.75) is 19.1 Å². The quantitative estimate of drug-likeness (QED) is 0.170. The van der Waals surface area contributed by atoms with Crippen LogP contribution in [0, 0.1) is 23.7 Å². The third-order valence-corrected chi connectivity index (χ3v) is 3.73. The van der Waals surface area contributed by atoms with E-state index in [1.54, 1.807) is 36.4 Å². The highest BCUT2D eigenvalue weighted by atomic mass is 16.3. The van der Waals surface area contributed by atoms with Crippen LogP contribution in [0.25, 0.3) is 0 Å². The van der Waals surface area contributed by atoms with Crippen LogP contribution in [0.1, 0.15) is 28.4 Å². The van der Waals surface area contributed by atoms with Gasteiger partial charge >= 0.3 is 0 Å². The maximum atomic E-state index is 12.2. The van der Waals surface area contributed by atoms with Gasteiger partial charge in [-0.1, -0.05) is 11.8 Å². The number of carbonyl (C=O) groups is 2. The SMILES string of the molecule is C[C@@H](O)[C@H](NC(=O)c1ccc(C#CC#Cc2ccc(N)cc2)cc1)C(=O)NN. The molecule has 0 aliphatic heterocycles. The summed E-state index contributed by atoms with van der Waals surface area (Å²) < 4.78 is 0. The molecule has 0 heterocycles. The normalized spacial score (nSPS) is 11.7. The number of anilines is 1. The molecular weight excluding hydrogens is 356 g/mol. The van der Waals surface area contributed by atoms with E-state index in [0.717, 1.165) is 5.56 Å². The lowest BCUT2D eigenvalue weighted by Crippen LogP contribution is -2.54. The second kappa shape index (κ2) is 9.79. The van der Waals surface area contributed by atoms with Crippen molar-refractivity contribution in [1.82, 2.24) is 10.7 Å². The molecule has 0 radical (unpaired) electrons. The summed E-state index contributed by atoms with van der Waals surface area (Å²) in [7, 11) is 0. The summed E-state index contributed by atoms with van der Waals surface area (Å²) in [4.78, 5) is 23.8. The number of nitrogens with one attached hydrogen (secondary N) is 2. The van der Waals surface area contributed by atoms with Crippen molar-refractivity contribution < 1.29 is 14.7 Å². The van der Waals surface area contributed by atoms with E-state index in [1.165, 1.54) is 6.92 Å². The molecule has 0 bridgehead atoms. The predicted octanol–water partition coefficient (Wildman–Crippen LogP) is 0.141. The number of benzene rings is 2. The number of nitrogen functional groups attached to an aromatic ring is 1. The molecule has 0 aromatic heterocycles. The molecule has 0 aliphatic carbocycles. The van der Waals surface area contributed by atoms with Crippen LogP contribution in [0.15, 0.2) is 48.5 Å². The fraction of sp³-hybridized carbons (Fsp3) is 0.143. The van der Waals surface area contributed by atoms with Crippen LogP contribution in [0.3, 0.4) is 0 Å². The number of carbonyl (C=O) groups excluding carboxylic acids is 2.